The van der Waals surface area contributed by atoms with Gasteiger partial charge in [-0.2, -0.15) is 8.78 Å². The van der Waals surface area contributed by atoms with Crippen molar-refractivity contribution < 1.29 is 22.3 Å². The summed E-state index contributed by atoms with van der Waals surface area (Å²) in [5.41, 5.74) is -1.26. The van der Waals surface area contributed by atoms with Gasteiger partial charge >= 0.3 is 12.5 Å². The Hall–Kier alpha value is 0.477. The zero-order chi connectivity index (χ0) is 10.9. The largest absolute Gasteiger partial charge is 0.416 e. The highest BCUT2D eigenvalue weighted by atomic mass is 35.7. The van der Waals surface area contributed by atoms with Gasteiger partial charge in [-0.25, -0.2) is 8.78 Å². The van der Waals surface area contributed by atoms with Crippen LogP contribution in [0, 0.1) is 0 Å². The summed E-state index contributed by atoms with van der Waals surface area (Å²) in [7, 11) is 0. The fourth-order valence-corrected chi connectivity index (χ4v) is 1.02. The van der Waals surface area contributed by atoms with E-state index in [1.165, 1.54) is 6.55 Å². The molecule has 0 aliphatic carbocycles. The molecule has 0 fully saturated rings. The van der Waals surface area contributed by atoms with Gasteiger partial charge in [-0.3, -0.25) is 0 Å². The molecule has 0 heterocycles. The van der Waals surface area contributed by atoms with E-state index >= 15 is 0 Å². The summed E-state index contributed by atoms with van der Waals surface area (Å²) in [4.78, 5) is 0. The van der Waals surface area contributed by atoms with Crippen LogP contribution >= 0.6 is 22.2 Å². The number of alkyl halides is 4. The van der Waals surface area contributed by atoms with Gasteiger partial charge in [-0.1, -0.05) is 0 Å². The number of ether oxygens (including phenoxy) is 1. The summed E-state index contributed by atoms with van der Waals surface area (Å²) in [5.74, 6) is 0. The van der Waals surface area contributed by atoms with Crippen molar-refractivity contribution in [3.63, 3.8) is 0 Å². The lowest BCUT2D eigenvalue weighted by atomic mass is 10.6. The van der Waals surface area contributed by atoms with Crippen LogP contribution in [-0.2, 0) is 4.74 Å². The van der Waals surface area contributed by atoms with Gasteiger partial charge in [0.25, 0.3) is 6.69 Å². The third-order valence-corrected chi connectivity index (χ3v) is 4.69. The van der Waals surface area contributed by atoms with Crippen LogP contribution in [0.2, 0.25) is 6.55 Å². The first kappa shape index (κ1) is 13.5. The molecule has 1 nitrogen and oxygen atoms in total. The van der Waals surface area contributed by atoms with Crippen LogP contribution in [0.25, 0.3) is 0 Å². The highest BCUT2D eigenvalue weighted by Gasteiger charge is 2.47. The Morgan fingerprint density at radius 2 is 1.69 bits per heavy atom. The molecule has 0 N–H and O–H groups in total. The van der Waals surface area contributed by atoms with Gasteiger partial charge in [0.1, 0.15) is 0 Å². The molecule has 0 aromatic heterocycles. The molecule has 0 saturated heterocycles. The fraction of sp³-hybridized carbons (Fsp3) is 1.00. The Morgan fingerprint density at radius 3 is 1.92 bits per heavy atom. The topological polar surface area (TPSA) is 9.23 Å². The molecule has 0 aliphatic heterocycles. The van der Waals surface area contributed by atoms with Crippen LogP contribution in [0.15, 0.2) is 0 Å². The minimum atomic E-state index is -4.49. The molecule has 8 heteroatoms. The van der Waals surface area contributed by atoms with Crippen molar-refractivity contribution in [3.05, 3.63) is 0 Å². The second-order valence-electron chi connectivity index (χ2n) is 2.58. The van der Waals surface area contributed by atoms with Gasteiger partial charge in [0.15, 0.2) is 0 Å². The number of hydrogen-bond acceptors (Lipinski definition) is 1. The summed E-state index contributed by atoms with van der Waals surface area (Å²) >= 11 is 11.0. The Balaban J connectivity index is 4.28. The third kappa shape index (κ3) is 4.48. The van der Waals surface area contributed by atoms with Crippen LogP contribution in [0.4, 0.5) is 17.6 Å². The fourth-order valence-electron chi connectivity index (χ4n) is 0.391. The van der Waals surface area contributed by atoms with E-state index < -0.39 is 25.0 Å². The van der Waals surface area contributed by atoms with Crippen LogP contribution in [-0.4, -0.2) is 25.0 Å². The second kappa shape index (κ2) is 4.33. The zero-order valence-electron chi connectivity index (χ0n) is 6.83. The summed E-state index contributed by atoms with van der Waals surface area (Å²) in [6.07, 6.45) is -8.36. The molecule has 0 aromatic carbocycles. The van der Waals surface area contributed by atoms with E-state index in [1.807, 2.05) is 0 Å². The quantitative estimate of drug-likeness (QED) is 0.427. The third-order valence-electron chi connectivity index (χ3n) is 1.30. The first-order valence-electron chi connectivity index (χ1n) is 3.29. The highest BCUT2D eigenvalue weighted by molar-refractivity contribution is 7.45. The van der Waals surface area contributed by atoms with Gasteiger partial charge in [-0.05, 0) is 13.5 Å². The van der Waals surface area contributed by atoms with Crippen LogP contribution < -0.4 is 0 Å². The average molecular weight is 259 g/mol. The van der Waals surface area contributed by atoms with E-state index in [1.54, 1.807) is 0 Å². The van der Waals surface area contributed by atoms with Crippen molar-refractivity contribution in [2.24, 2.45) is 0 Å². The number of rotatable bonds is 4. The van der Waals surface area contributed by atoms with E-state index in [0.717, 1.165) is 6.92 Å². The smallest absolute Gasteiger partial charge is 0.313 e. The lowest BCUT2D eigenvalue weighted by molar-refractivity contribution is -0.306. The first-order valence-corrected chi connectivity index (χ1v) is 7.89. The van der Waals surface area contributed by atoms with E-state index in [9.17, 15) is 17.6 Å². The maximum absolute atomic E-state index is 12.3. The minimum Gasteiger partial charge on any atom is -0.313 e. The summed E-state index contributed by atoms with van der Waals surface area (Å²) in [6.45, 7) is -0.558. The van der Waals surface area contributed by atoms with Crippen molar-refractivity contribution in [3.8, 4) is 0 Å². The monoisotopic (exact) mass is 258 g/mol. The van der Waals surface area contributed by atoms with E-state index in [0.29, 0.717) is 0 Å². The highest BCUT2D eigenvalue weighted by Crippen LogP contribution is 2.31. The van der Waals surface area contributed by atoms with Crippen molar-refractivity contribution in [2.75, 3.05) is 0 Å². The van der Waals surface area contributed by atoms with E-state index in [-0.39, 0.29) is 0 Å². The van der Waals surface area contributed by atoms with Gasteiger partial charge in [0.2, 0.25) is 0 Å². The lowest BCUT2D eigenvalue weighted by Crippen LogP contribution is -2.42. The van der Waals surface area contributed by atoms with Crippen LogP contribution in [0.1, 0.15) is 6.92 Å². The molecule has 0 saturated carbocycles. The Bertz CT molecular complexity index is 172. The first-order chi connectivity index (χ1) is 5.57. The SMILES string of the molecule is CC(OC(F)(F)C(F)F)[Si](C)(Cl)Cl. The summed E-state index contributed by atoms with van der Waals surface area (Å²) in [5, 5.41) is 0. The van der Waals surface area contributed by atoms with Crippen molar-refractivity contribution >= 4 is 28.9 Å². The molecule has 0 spiro atoms. The van der Waals surface area contributed by atoms with E-state index in [2.05, 4.69) is 4.74 Å². The van der Waals surface area contributed by atoms with Gasteiger partial charge in [0, 0.05) is 0 Å². The predicted molar refractivity (Wildman–Crippen MR) is 44.8 cm³/mol. The molecule has 1 atom stereocenters. The maximum atomic E-state index is 12.3. The number of halogens is 6. The molecule has 0 bridgehead atoms. The normalized spacial score (nSPS) is 16.4. The lowest BCUT2D eigenvalue weighted by Gasteiger charge is -2.25. The standard InChI is InChI=1S/C5H8Cl2F4OSi/c1-3(13(2,6)7)12-5(10,11)4(8)9/h3-4H,1-2H3. The number of hydrogen-bond donors (Lipinski definition) is 0. The molecule has 0 aromatic rings. The van der Waals surface area contributed by atoms with Gasteiger partial charge < -0.3 is 4.74 Å². The Labute approximate surface area is 83.4 Å². The Kier molecular flexibility index (Phi) is 4.49. The zero-order valence-corrected chi connectivity index (χ0v) is 9.34. The second-order valence-corrected chi connectivity index (χ2v) is 10.6. The van der Waals surface area contributed by atoms with Gasteiger partial charge in [0.05, 0.1) is 5.73 Å². The molecule has 0 aliphatic rings. The minimum absolute atomic E-state index is 1.14. The molecule has 0 amide bonds. The van der Waals surface area contributed by atoms with Gasteiger partial charge in [-0.15, -0.1) is 22.2 Å². The molecule has 0 rings (SSSR count). The van der Waals surface area contributed by atoms with Crippen molar-refractivity contribution in [1.29, 1.82) is 0 Å². The molecular weight excluding hydrogens is 251 g/mol. The Morgan fingerprint density at radius 1 is 1.31 bits per heavy atom. The molecule has 1 unspecified atom stereocenters. The van der Waals surface area contributed by atoms with Crippen molar-refractivity contribution in [1.82, 2.24) is 0 Å². The van der Waals surface area contributed by atoms with Crippen molar-refractivity contribution in [2.45, 2.75) is 31.7 Å². The summed E-state index contributed by atoms with van der Waals surface area (Å²) in [6, 6.07) is 0. The van der Waals surface area contributed by atoms with E-state index in [4.69, 9.17) is 22.2 Å². The average Bonchev–Trinajstić information content (AvgIpc) is 1.83. The molecule has 0 radical (unpaired) electrons. The van der Waals surface area contributed by atoms with Crippen LogP contribution in [0.5, 0.6) is 0 Å². The predicted octanol–water partition coefficient (Wildman–Crippen LogP) is 3.34. The molecule has 80 valence electrons. The molecule has 13 heavy (non-hydrogen) atoms. The summed E-state index contributed by atoms with van der Waals surface area (Å²) < 4.78 is 51.5. The van der Waals surface area contributed by atoms with Crippen LogP contribution in [0.3, 0.4) is 0 Å². The molecular formula is C5H8Cl2F4OSi. The maximum Gasteiger partial charge on any atom is 0.416 e.